The summed E-state index contributed by atoms with van der Waals surface area (Å²) in [7, 11) is 0. The fourth-order valence-corrected chi connectivity index (χ4v) is 1.91. The van der Waals surface area contributed by atoms with Crippen LogP contribution < -0.4 is 10.1 Å². The molecular formula is C15H18F2N2O2. The molecule has 0 aliphatic rings. The Kier molecular flexibility index (Phi) is 4.90. The summed E-state index contributed by atoms with van der Waals surface area (Å²) in [6.07, 6.45) is 0. The van der Waals surface area contributed by atoms with Gasteiger partial charge >= 0.3 is 6.61 Å². The van der Waals surface area contributed by atoms with Crippen molar-refractivity contribution in [1.82, 2.24) is 10.3 Å². The van der Waals surface area contributed by atoms with E-state index in [1.807, 2.05) is 20.8 Å². The van der Waals surface area contributed by atoms with Gasteiger partial charge in [0.05, 0.1) is 12.2 Å². The van der Waals surface area contributed by atoms with Gasteiger partial charge in [0.25, 0.3) is 0 Å². The summed E-state index contributed by atoms with van der Waals surface area (Å²) in [6, 6.07) is 6.60. The summed E-state index contributed by atoms with van der Waals surface area (Å²) in [5, 5.41) is 3.27. The van der Waals surface area contributed by atoms with E-state index >= 15 is 0 Å². The molecule has 2 aromatic rings. The van der Waals surface area contributed by atoms with E-state index in [0.29, 0.717) is 12.4 Å². The lowest BCUT2D eigenvalue weighted by Crippen LogP contribution is -2.18. The highest BCUT2D eigenvalue weighted by Crippen LogP contribution is 2.19. The molecule has 0 fully saturated rings. The molecule has 4 nitrogen and oxygen atoms in total. The van der Waals surface area contributed by atoms with E-state index < -0.39 is 6.61 Å². The molecule has 1 atom stereocenters. The Morgan fingerprint density at radius 1 is 1.24 bits per heavy atom. The van der Waals surface area contributed by atoms with Crippen molar-refractivity contribution in [3.05, 3.63) is 47.2 Å². The normalized spacial score (nSPS) is 12.7. The van der Waals surface area contributed by atoms with Gasteiger partial charge in [-0.2, -0.15) is 8.78 Å². The van der Waals surface area contributed by atoms with Crippen molar-refractivity contribution in [2.24, 2.45) is 0 Å². The zero-order valence-electron chi connectivity index (χ0n) is 12.2. The van der Waals surface area contributed by atoms with Crippen LogP contribution in [0.5, 0.6) is 5.75 Å². The average Bonchev–Trinajstić information content (AvgIpc) is 2.75. The van der Waals surface area contributed by atoms with Crippen LogP contribution in [-0.4, -0.2) is 11.6 Å². The van der Waals surface area contributed by atoms with Crippen molar-refractivity contribution in [3.8, 4) is 5.75 Å². The Morgan fingerprint density at radius 2 is 1.90 bits per heavy atom. The number of oxazole rings is 1. The first-order valence-corrected chi connectivity index (χ1v) is 6.66. The molecule has 0 bridgehead atoms. The summed E-state index contributed by atoms with van der Waals surface area (Å²) in [5.74, 6) is 1.60. The molecule has 0 saturated carbocycles. The summed E-state index contributed by atoms with van der Waals surface area (Å²) in [5.41, 5.74) is 1.85. The molecule has 1 N–H and O–H groups in total. The molecule has 1 aromatic heterocycles. The number of halogens is 2. The second-order valence-electron chi connectivity index (χ2n) is 4.80. The maximum atomic E-state index is 12.1. The van der Waals surface area contributed by atoms with Crippen LogP contribution in [0.25, 0.3) is 0 Å². The molecule has 2 rings (SSSR count). The second kappa shape index (κ2) is 6.67. The maximum Gasteiger partial charge on any atom is 0.387 e. The van der Waals surface area contributed by atoms with Crippen molar-refractivity contribution < 1.29 is 17.9 Å². The van der Waals surface area contributed by atoms with Gasteiger partial charge in [-0.15, -0.1) is 0 Å². The van der Waals surface area contributed by atoms with Crippen LogP contribution in [0.1, 0.15) is 35.9 Å². The first-order chi connectivity index (χ1) is 9.95. The molecule has 21 heavy (non-hydrogen) atoms. The number of aromatic nitrogens is 1. The topological polar surface area (TPSA) is 47.3 Å². The Balaban J connectivity index is 1.92. The van der Waals surface area contributed by atoms with Crippen LogP contribution in [0.3, 0.4) is 0 Å². The minimum atomic E-state index is -2.80. The van der Waals surface area contributed by atoms with E-state index in [9.17, 15) is 8.78 Å². The van der Waals surface area contributed by atoms with Gasteiger partial charge in [0.1, 0.15) is 11.5 Å². The van der Waals surface area contributed by atoms with Crippen LogP contribution in [0.15, 0.2) is 28.7 Å². The minimum Gasteiger partial charge on any atom is -0.444 e. The second-order valence-corrected chi connectivity index (χ2v) is 4.80. The number of alkyl halides is 2. The van der Waals surface area contributed by atoms with Crippen LogP contribution in [0.2, 0.25) is 0 Å². The number of hydrogen-bond donors (Lipinski definition) is 1. The Labute approximate surface area is 122 Å². The smallest absolute Gasteiger partial charge is 0.387 e. The SMILES string of the molecule is Cc1nc(CNC(C)c2ccc(OC(F)F)cc2)oc1C. The molecule has 0 amide bonds. The Hall–Kier alpha value is -1.95. The van der Waals surface area contributed by atoms with Gasteiger partial charge in [-0.25, -0.2) is 4.98 Å². The van der Waals surface area contributed by atoms with Gasteiger partial charge in [-0.1, -0.05) is 12.1 Å². The van der Waals surface area contributed by atoms with Gasteiger partial charge in [0, 0.05) is 6.04 Å². The first-order valence-electron chi connectivity index (χ1n) is 6.66. The van der Waals surface area contributed by atoms with Gasteiger partial charge in [0.15, 0.2) is 0 Å². The Bertz CT molecular complexity index is 562. The minimum absolute atomic E-state index is 0.0399. The lowest BCUT2D eigenvalue weighted by atomic mass is 10.1. The third-order valence-corrected chi connectivity index (χ3v) is 3.24. The van der Waals surface area contributed by atoms with Crippen molar-refractivity contribution in [2.45, 2.75) is 40.0 Å². The molecule has 0 aliphatic carbocycles. The number of ether oxygens (including phenoxy) is 1. The Morgan fingerprint density at radius 3 is 2.43 bits per heavy atom. The number of hydrogen-bond acceptors (Lipinski definition) is 4. The highest BCUT2D eigenvalue weighted by molar-refractivity contribution is 5.29. The fraction of sp³-hybridized carbons (Fsp3) is 0.400. The van der Waals surface area contributed by atoms with E-state index in [2.05, 4.69) is 15.0 Å². The molecule has 0 aliphatic heterocycles. The predicted octanol–water partition coefficient (Wildman–Crippen LogP) is 3.74. The van der Waals surface area contributed by atoms with E-state index in [-0.39, 0.29) is 11.8 Å². The van der Waals surface area contributed by atoms with E-state index in [0.717, 1.165) is 17.0 Å². The summed E-state index contributed by atoms with van der Waals surface area (Å²) in [4.78, 5) is 4.29. The highest BCUT2D eigenvalue weighted by atomic mass is 19.3. The number of rotatable bonds is 6. The first kappa shape index (κ1) is 15.4. The van der Waals surface area contributed by atoms with Gasteiger partial charge in [-0.3, -0.25) is 0 Å². The molecule has 0 radical (unpaired) electrons. The standard InChI is InChI=1S/C15H18F2N2O2/c1-9-11(3)20-14(19-9)8-18-10(2)12-4-6-13(7-5-12)21-15(16)17/h4-7,10,15,18H,8H2,1-3H3. The van der Waals surface area contributed by atoms with Gasteiger partial charge in [0.2, 0.25) is 5.89 Å². The zero-order valence-corrected chi connectivity index (χ0v) is 12.2. The molecule has 1 heterocycles. The molecule has 6 heteroatoms. The predicted molar refractivity (Wildman–Crippen MR) is 74.3 cm³/mol. The number of aryl methyl sites for hydroxylation is 2. The van der Waals surface area contributed by atoms with E-state index in [4.69, 9.17) is 4.42 Å². The van der Waals surface area contributed by atoms with Crippen LogP contribution >= 0.6 is 0 Å². The zero-order chi connectivity index (χ0) is 15.4. The molecule has 0 spiro atoms. The van der Waals surface area contributed by atoms with Gasteiger partial charge < -0.3 is 14.5 Å². The van der Waals surface area contributed by atoms with Gasteiger partial charge in [-0.05, 0) is 38.5 Å². The van der Waals surface area contributed by atoms with Crippen molar-refractivity contribution in [2.75, 3.05) is 0 Å². The van der Waals surface area contributed by atoms with Crippen molar-refractivity contribution in [3.63, 3.8) is 0 Å². The van der Waals surface area contributed by atoms with Crippen molar-refractivity contribution >= 4 is 0 Å². The quantitative estimate of drug-likeness (QED) is 0.882. The third kappa shape index (κ3) is 4.26. The van der Waals surface area contributed by atoms with Crippen molar-refractivity contribution in [1.29, 1.82) is 0 Å². The number of nitrogens with one attached hydrogen (secondary N) is 1. The summed E-state index contributed by atoms with van der Waals surface area (Å²) < 4.78 is 33.9. The summed E-state index contributed by atoms with van der Waals surface area (Å²) in [6.45, 7) is 3.45. The third-order valence-electron chi connectivity index (χ3n) is 3.24. The van der Waals surface area contributed by atoms with E-state index in [1.165, 1.54) is 12.1 Å². The molecule has 1 unspecified atom stereocenters. The lowest BCUT2D eigenvalue weighted by molar-refractivity contribution is -0.0498. The molecule has 114 valence electrons. The largest absolute Gasteiger partial charge is 0.444 e. The van der Waals surface area contributed by atoms with Crippen LogP contribution in [0, 0.1) is 13.8 Å². The fourth-order valence-electron chi connectivity index (χ4n) is 1.91. The average molecular weight is 296 g/mol. The van der Waals surface area contributed by atoms with E-state index in [1.54, 1.807) is 12.1 Å². The molecule has 0 saturated heterocycles. The maximum absolute atomic E-state index is 12.1. The number of nitrogens with zero attached hydrogens (tertiary/aromatic N) is 1. The summed E-state index contributed by atoms with van der Waals surface area (Å²) >= 11 is 0. The van der Waals surface area contributed by atoms with Crippen LogP contribution in [-0.2, 0) is 6.54 Å². The lowest BCUT2D eigenvalue weighted by Gasteiger charge is -2.13. The highest BCUT2D eigenvalue weighted by Gasteiger charge is 2.10. The molecular weight excluding hydrogens is 278 g/mol. The van der Waals surface area contributed by atoms with Crippen LogP contribution in [0.4, 0.5) is 8.78 Å². The monoisotopic (exact) mass is 296 g/mol. The number of benzene rings is 1. The molecule has 1 aromatic carbocycles.